The van der Waals surface area contributed by atoms with Crippen molar-refractivity contribution in [3.05, 3.63) is 33.8 Å². The van der Waals surface area contributed by atoms with Crippen molar-refractivity contribution in [2.45, 2.75) is 30.7 Å². The summed E-state index contributed by atoms with van der Waals surface area (Å²) in [5.41, 5.74) is 9.41. The van der Waals surface area contributed by atoms with Crippen molar-refractivity contribution in [2.24, 2.45) is 5.73 Å². The van der Waals surface area contributed by atoms with Gasteiger partial charge in [-0.1, -0.05) is 22.0 Å². The summed E-state index contributed by atoms with van der Waals surface area (Å²) in [5, 5.41) is 0. The van der Waals surface area contributed by atoms with Gasteiger partial charge in [0, 0.05) is 15.9 Å². The zero-order chi connectivity index (χ0) is 9.05. The van der Waals surface area contributed by atoms with Crippen LogP contribution in [0.25, 0.3) is 0 Å². The molecule has 0 aliphatic heterocycles. The molecule has 0 aromatic heterocycles. The van der Waals surface area contributed by atoms with Gasteiger partial charge in [-0.2, -0.15) is 0 Å². The first-order valence-electron chi connectivity index (χ1n) is 4.77. The highest BCUT2D eigenvalue weighted by atomic mass is 79.9. The topological polar surface area (TPSA) is 26.0 Å². The number of hydrogen-bond acceptors (Lipinski definition) is 1. The van der Waals surface area contributed by atoms with Crippen LogP contribution >= 0.6 is 32.9 Å². The van der Waals surface area contributed by atoms with Gasteiger partial charge in [-0.05, 0) is 42.5 Å². The second-order valence-corrected chi connectivity index (χ2v) is 5.18. The molecular formula is C11H13Br2N. The molecule has 2 aliphatic rings. The number of halogens is 2. The molecule has 0 heterocycles. The van der Waals surface area contributed by atoms with E-state index in [2.05, 4.69) is 34.1 Å². The summed E-state index contributed by atoms with van der Waals surface area (Å²) in [6.07, 6.45) is 3.67. The molecule has 2 N–H and O–H groups in total. The molecule has 1 nitrogen and oxygen atoms in total. The fourth-order valence-corrected chi connectivity index (χ4v) is 3.09. The van der Waals surface area contributed by atoms with Crippen LogP contribution in [0.5, 0.6) is 0 Å². The molecule has 0 bridgehead atoms. The first-order chi connectivity index (χ1) is 6.22. The fourth-order valence-electron chi connectivity index (χ4n) is 2.68. The second-order valence-electron chi connectivity index (χ2n) is 4.27. The van der Waals surface area contributed by atoms with Crippen LogP contribution in [0.1, 0.15) is 24.0 Å². The van der Waals surface area contributed by atoms with Crippen LogP contribution in [0.2, 0.25) is 0 Å². The van der Waals surface area contributed by atoms with Crippen LogP contribution in [-0.2, 0) is 11.8 Å². The summed E-state index contributed by atoms with van der Waals surface area (Å²) < 4.78 is 1.19. The molecule has 0 saturated heterocycles. The highest BCUT2D eigenvalue weighted by Gasteiger charge is 2.55. The minimum atomic E-state index is 0. The van der Waals surface area contributed by atoms with Crippen molar-refractivity contribution in [3.63, 3.8) is 0 Å². The second kappa shape index (κ2) is 3.32. The largest absolute Gasteiger partial charge is 0.327 e. The number of benzene rings is 1. The third-order valence-electron chi connectivity index (χ3n) is 3.58. The predicted octanol–water partition coefficient (Wildman–Crippen LogP) is 2.94. The summed E-state index contributed by atoms with van der Waals surface area (Å²) in [6, 6.07) is 7.06. The Bertz CT molecular complexity index is 378. The zero-order valence-electron chi connectivity index (χ0n) is 7.79. The van der Waals surface area contributed by atoms with E-state index in [-0.39, 0.29) is 17.0 Å². The summed E-state index contributed by atoms with van der Waals surface area (Å²) >= 11 is 3.51. The van der Waals surface area contributed by atoms with E-state index in [1.807, 2.05) is 0 Å². The third-order valence-corrected chi connectivity index (χ3v) is 4.07. The predicted molar refractivity (Wildman–Crippen MR) is 67.1 cm³/mol. The van der Waals surface area contributed by atoms with E-state index in [4.69, 9.17) is 5.73 Å². The number of rotatable bonds is 0. The molecule has 0 unspecified atom stereocenters. The summed E-state index contributed by atoms with van der Waals surface area (Å²) in [4.78, 5) is 0. The third kappa shape index (κ3) is 1.29. The molecule has 14 heavy (non-hydrogen) atoms. The molecule has 1 saturated carbocycles. The molecule has 1 spiro atoms. The fraction of sp³-hybridized carbons (Fsp3) is 0.455. The average molecular weight is 319 g/mol. The first kappa shape index (κ1) is 10.7. The maximum Gasteiger partial charge on any atom is 0.0178 e. The molecule has 0 amide bonds. The van der Waals surface area contributed by atoms with Gasteiger partial charge >= 0.3 is 0 Å². The Morgan fingerprint density at radius 2 is 2.14 bits per heavy atom. The number of aryl methyl sites for hydroxylation is 1. The lowest BCUT2D eigenvalue weighted by Gasteiger charge is -2.08. The Kier molecular flexibility index (Phi) is 2.53. The smallest absolute Gasteiger partial charge is 0.0178 e. The molecule has 1 fully saturated rings. The first-order valence-corrected chi connectivity index (χ1v) is 5.56. The van der Waals surface area contributed by atoms with Crippen molar-refractivity contribution in [1.82, 2.24) is 0 Å². The molecule has 2 atom stereocenters. The van der Waals surface area contributed by atoms with Gasteiger partial charge in [0.05, 0.1) is 0 Å². The zero-order valence-corrected chi connectivity index (χ0v) is 11.1. The van der Waals surface area contributed by atoms with Gasteiger partial charge in [-0.3, -0.25) is 0 Å². The van der Waals surface area contributed by atoms with Crippen LogP contribution in [0, 0.1) is 0 Å². The molecule has 3 rings (SSSR count). The Morgan fingerprint density at radius 1 is 1.43 bits per heavy atom. The lowest BCUT2D eigenvalue weighted by Crippen LogP contribution is -2.14. The molecule has 1 aromatic carbocycles. The van der Waals surface area contributed by atoms with E-state index in [9.17, 15) is 0 Å². The standard InChI is InChI=1S/C11H12BrN.BrH/c12-8-1-2-9-7(5-8)3-4-11(9)6-10(11)13;/h1-2,5,10H,3-4,6,13H2;1H/t10-,11-;/m1./s1. The maximum atomic E-state index is 6.00. The van der Waals surface area contributed by atoms with E-state index in [1.54, 1.807) is 0 Å². The Balaban J connectivity index is 0.000000750. The minimum Gasteiger partial charge on any atom is -0.327 e. The van der Waals surface area contributed by atoms with E-state index in [0.717, 1.165) is 0 Å². The van der Waals surface area contributed by atoms with Crippen molar-refractivity contribution < 1.29 is 0 Å². The van der Waals surface area contributed by atoms with Crippen molar-refractivity contribution in [3.8, 4) is 0 Å². The summed E-state index contributed by atoms with van der Waals surface area (Å²) in [6.45, 7) is 0. The lowest BCUT2D eigenvalue weighted by molar-refractivity contribution is 0.651. The Labute approximate surface area is 103 Å². The minimum absolute atomic E-state index is 0. The van der Waals surface area contributed by atoms with Crippen LogP contribution in [-0.4, -0.2) is 6.04 Å². The van der Waals surface area contributed by atoms with Gasteiger partial charge in [-0.15, -0.1) is 17.0 Å². The highest BCUT2D eigenvalue weighted by Crippen LogP contribution is 2.55. The molecule has 2 aliphatic carbocycles. The van der Waals surface area contributed by atoms with Gasteiger partial charge in [0.15, 0.2) is 0 Å². The van der Waals surface area contributed by atoms with Gasteiger partial charge in [-0.25, -0.2) is 0 Å². The van der Waals surface area contributed by atoms with Crippen molar-refractivity contribution >= 4 is 32.9 Å². The highest BCUT2D eigenvalue weighted by molar-refractivity contribution is 9.10. The van der Waals surface area contributed by atoms with E-state index < -0.39 is 0 Å². The lowest BCUT2D eigenvalue weighted by atomic mass is 9.98. The number of hydrogen-bond donors (Lipinski definition) is 1. The van der Waals surface area contributed by atoms with Crippen LogP contribution in [0.15, 0.2) is 22.7 Å². The Morgan fingerprint density at radius 3 is 2.79 bits per heavy atom. The van der Waals surface area contributed by atoms with E-state index in [1.165, 1.54) is 34.9 Å². The molecule has 1 aromatic rings. The molecule has 0 radical (unpaired) electrons. The quantitative estimate of drug-likeness (QED) is 0.782. The van der Waals surface area contributed by atoms with Crippen LogP contribution in [0.3, 0.4) is 0 Å². The SMILES string of the molecule is Br.N[C@@H]1C[C@@]12CCc1cc(Br)ccc12. The van der Waals surface area contributed by atoms with Gasteiger partial charge < -0.3 is 5.73 Å². The molecule has 3 heteroatoms. The normalized spacial score (nSPS) is 32.6. The number of fused-ring (bicyclic) bond motifs is 2. The van der Waals surface area contributed by atoms with Crippen LogP contribution < -0.4 is 5.73 Å². The maximum absolute atomic E-state index is 6.00. The average Bonchev–Trinajstić information content (AvgIpc) is 2.59. The van der Waals surface area contributed by atoms with Gasteiger partial charge in [0.2, 0.25) is 0 Å². The van der Waals surface area contributed by atoms with E-state index >= 15 is 0 Å². The molecule has 76 valence electrons. The molecular weight excluding hydrogens is 306 g/mol. The van der Waals surface area contributed by atoms with E-state index in [0.29, 0.717) is 11.5 Å². The van der Waals surface area contributed by atoms with Crippen molar-refractivity contribution in [2.75, 3.05) is 0 Å². The van der Waals surface area contributed by atoms with Gasteiger partial charge in [0.1, 0.15) is 0 Å². The van der Waals surface area contributed by atoms with Crippen LogP contribution in [0.4, 0.5) is 0 Å². The monoisotopic (exact) mass is 317 g/mol. The Hall–Kier alpha value is 0.140. The van der Waals surface area contributed by atoms with Crippen molar-refractivity contribution in [1.29, 1.82) is 0 Å². The van der Waals surface area contributed by atoms with Gasteiger partial charge in [0.25, 0.3) is 0 Å². The summed E-state index contributed by atoms with van der Waals surface area (Å²) in [5.74, 6) is 0. The number of nitrogens with two attached hydrogens (primary N) is 1. The summed E-state index contributed by atoms with van der Waals surface area (Å²) in [7, 11) is 0.